The maximum Gasteiger partial charge on any atom is 0.256 e. The van der Waals surface area contributed by atoms with Crippen LogP contribution >= 0.6 is 0 Å². The molecule has 0 spiro atoms. The molecule has 1 rings (SSSR count). The van der Waals surface area contributed by atoms with Gasteiger partial charge in [0.1, 0.15) is 0 Å². The topological polar surface area (TPSA) is 33.2 Å². The van der Waals surface area contributed by atoms with Crippen LogP contribution in [-0.2, 0) is 0 Å². The smallest absolute Gasteiger partial charge is 0.256 e. The van der Waals surface area contributed by atoms with Gasteiger partial charge in [-0.15, -0.1) is 0 Å². The summed E-state index contributed by atoms with van der Waals surface area (Å²) in [6.45, 7) is 2.18. The Bertz CT molecular complexity index is 355. The van der Waals surface area contributed by atoms with E-state index in [0.29, 0.717) is 6.54 Å². The molecular formula is C9H10F2N2O. The summed E-state index contributed by atoms with van der Waals surface area (Å²) in [4.78, 5) is 15.8. The van der Waals surface area contributed by atoms with Gasteiger partial charge in [0, 0.05) is 19.8 Å². The van der Waals surface area contributed by atoms with E-state index < -0.39 is 17.7 Å². The summed E-state index contributed by atoms with van der Waals surface area (Å²) in [5.74, 6) is -3.00. The predicted molar refractivity (Wildman–Crippen MR) is 46.8 cm³/mol. The molecule has 0 radical (unpaired) electrons. The number of nitrogens with zero attached hydrogens (tertiary/aromatic N) is 2. The van der Waals surface area contributed by atoms with Crippen LogP contribution in [0, 0.1) is 11.8 Å². The third-order valence-electron chi connectivity index (χ3n) is 1.90. The molecule has 0 fully saturated rings. The van der Waals surface area contributed by atoms with Crippen molar-refractivity contribution in [2.24, 2.45) is 0 Å². The molecule has 0 saturated heterocycles. The quantitative estimate of drug-likeness (QED) is 0.677. The lowest BCUT2D eigenvalue weighted by Crippen LogP contribution is -2.27. The number of rotatable bonds is 2. The summed E-state index contributed by atoms with van der Waals surface area (Å²) in [6.07, 6.45) is 1.06. The molecule has 1 heterocycles. The predicted octanol–water partition coefficient (Wildman–Crippen LogP) is 1.45. The van der Waals surface area contributed by atoms with Crippen LogP contribution in [-0.4, -0.2) is 29.4 Å². The fraction of sp³-hybridized carbons (Fsp3) is 0.333. The highest BCUT2D eigenvalue weighted by atomic mass is 19.2. The molecule has 14 heavy (non-hydrogen) atoms. The molecule has 1 amide bonds. The van der Waals surface area contributed by atoms with Gasteiger partial charge in [-0.3, -0.25) is 4.79 Å². The van der Waals surface area contributed by atoms with Crippen LogP contribution < -0.4 is 0 Å². The summed E-state index contributed by atoms with van der Waals surface area (Å²) >= 11 is 0. The van der Waals surface area contributed by atoms with Crippen LogP contribution in [0.5, 0.6) is 0 Å². The molecule has 1 aromatic heterocycles. The summed E-state index contributed by atoms with van der Waals surface area (Å²) in [5.41, 5.74) is -0.290. The molecule has 76 valence electrons. The van der Waals surface area contributed by atoms with E-state index >= 15 is 0 Å². The minimum atomic E-state index is -1.25. The molecule has 0 saturated carbocycles. The molecular weight excluding hydrogens is 190 g/mol. The lowest BCUT2D eigenvalue weighted by molar-refractivity contribution is 0.0796. The zero-order chi connectivity index (χ0) is 10.7. The van der Waals surface area contributed by atoms with Crippen molar-refractivity contribution in [1.82, 2.24) is 9.88 Å². The molecule has 0 N–H and O–H groups in total. The van der Waals surface area contributed by atoms with Gasteiger partial charge in [-0.25, -0.2) is 9.37 Å². The zero-order valence-electron chi connectivity index (χ0n) is 7.92. The van der Waals surface area contributed by atoms with Crippen LogP contribution in [0.2, 0.25) is 0 Å². The van der Waals surface area contributed by atoms with Gasteiger partial charge in [0.25, 0.3) is 5.91 Å². The molecule has 0 atom stereocenters. The molecule has 1 aromatic rings. The molecule has 0 aliphatic rings. The Morgan fingerprint density at radius 2 is 2.21 bits per heavy atom. The fourth-order valence-corrected chi connectivity index (χ4v) is 0.933. The first kappa shape index (κ1) is 10.6. The molecule has 0 aliphatic heterocycles. The Morgan fingerprint density at radius 1 is 1.57 bits per heavy atom. The van der Waals surface area contributed by atoms with Gasteiger partial charge in [-0.2, -0.15) is 4.39 Å². The van der Waals surface area contributed by atoms with Crippen LogP contribution in [0.15, 0.2) is 12.3 Å². The number of hydrogen-bond donors (Lipinski definition) is 0. The number of carbonyl (C=O) groups is 1. The third-order valence-corrected chi connectivity index (χ3v) is 1.90. The van der Waals surface area contributed by atoms with Gasteiger partial charge in [-0.1, -0.05) is 0 Å². The number of carbonyl (C=O) groups excluding carboxylic acids is 1. The second-order valence-corrected chi connectivity index (χ2v) is 2.78. The minimum absolute atomic E-state index is 0.290. The van der Waals surface area contributed by atoms with Crippen molar-refractivity contribution >= 4 is 5.91 Å². The summed E-state index contributed by atoms with van der Waals surface area (Å²) in [5, 5.41) is 0. The minimum Gasteiger partial charge on any atom is -0.342 e. The van der Waals surface area contributed by atoms with Crippen molar-refractivity contribution in [1.29, 1.82) is 0 Å². The van der Waals surface area contributed by atoms with E-state index in [4.69, 9.17) is 0 Å². The molecule has 3 nitrogen and oxygen atoms in total. The lowest BCUT2D eigenvalue weighted by atomic mass is 10.2. The van der Waals surface area contributed by atoms with Crippen LogP contribution in [0.25, 0.3) is 0 Å². The first-order valence-electron chi connectivity index (χ1n) is 4.13. The molecule has 5 heteroatoms. The Hall–Kier alpha value is -1.52. The number of halogens is 2. The van der Waals surface area contributed by atoms with Crippen LogP contribution in [0.1, 0.15) is 17.3 Å². The number of hydrogen-bond acceptors (Lipinski definition) is 2. The third kappa shape index (κ3) is 1.86. The van der Waals surface area contributed by atoms with E-state index in [0.717, 1.165) is 12.3 Å². The van der Waals surface area contributed by atoms with E-state index in [2.05, 4.69) is 4.98 Å². The number of amides is 1. The molecule has 0 unspecified atom stereocenters. The summed E-state index contributed by atoms with van der Waals surface area (Å²) in [7, 11) is 1.51. The van der Waals surface area contributed by atoms with E-state index in [1.807, 2.05) is 0 Å². The van der Waals surface area contributed by atoms with Crippen molar-refractivity contribution in [2.75, 3.05) is 13.6 Å². The molecule has 0 aliphatic carbocycles. The zero-order valence-corrected chi connectivity index (χ0v) is 7.92. The van der Waals surface area contributed by atoms with Gasteiger partial charge < -0.3 is 4.90 Å². The summed E-state index contributed by atoms with van der Waals surface area (Å²) in [6, 6.07) is 1.16. The largest absolute Gasteiger partial charge is 0.342 e. The standard InChI is InChI=1S/C9H10F2N2O/c1-3-13(2)9(14)6-4-5-12-8(11)7(6)10/h4-5H,3H2,1-2H3. The lowest BCUT2D eigenvalue weighted by Gasteiger charge is -2.14. The van der Waals surface area contributed by atoms with E-state index in [-0.39, 0.29) is 5.56 Å². The van der Waals surface area contributed by atoms with Gasteiger partial charge in [-0.05, 0) is 13.0 Å². The Kier molecular flexibility index (Phi) is 3.11. The average Bonchev–Trinajstić information content (AvgIpc) is 2.20. The van der Waals surface area contributed by atoms with Gasteiger partial charge in [0.15, 0.2) is 5.82 Å². The second kappa shape index (κ2) is 4.13. The van der Waals surface area contributed by atoms with Gasteiger partial charge >= 0.3 is 0 Å². The highest BCUT2D eigenvalue weighted by Crippen LogP contribution is 2.10. The first-order chi connectivity index (χ1) is 6.57. The SMILES string of the molecule is CCN(C)C(=O)c1ccnc(F)c1F. The van der Waals surface area contributed by atoms with Crippen LogP contribution in [0.4, 0.5) is 8.78 Å². The van der Waals surface area contributed by atoms with Gasteiger partial charge in [0.05, 0.1) is 5.56 Å². The Balaban J connectivity index is 3.07. The van der Waals surface area contributed by atoms with Crippen LogP contribution in [0.3, 0.4) is 0 Å². The Morgan fingerprint density at radius 3 is 2.79 bits per heavy atom. The number of aromatic nitrogens is 1. The van der Waals surface area contributed by atoms with E-state index in [9.17, 15) is 13.6 Å². The Labute approximate surface area is 80.4 Å². The molecule has 0 aromatic carbocycles. The van der Waals surface area contributed by atoms with E-state index in [1.165, 1.54) is 11.9 Å². The van der Waals surface area contributed by atoms with Crippen molar-refractivity contribution in [3.05, 3.63) is 29.6 Å². The van der Waals surface area contributed by atoms with Crippen molar-refractivity contribution in [2.45, 2.75) is 6.92 Å². The van der Waals surface area contributed by atoms with Crippen molar-refractivity contribution in [3.63, 3.8) is 0 Å². The van der Waals surface area contributed by atoms with E-state index in [1.54, 1.807) is 6.92 Å². The van der Waals surface area contributed by atoms with Crippen molar-refractivity contribution < 1.29 is 13.6 Å². The van der Waals surface area contributed by atoms with Gasteiger partial charge in [0.2, 0.25) is 5.95 Å². The first-order valence-corrected chi connectivity index (χ1v) is 4.13. The maximum absolute atomic E-state index is 13.1. The highest BCUT2D eigenvalue weighted by molar-refractivity contribution is 5.94. The summed E-state index contributed by atoms with van der Waals surface area (Å²) < 4.78 is 25.7. The number of pyridine rings is 1. The second-order valence-electron chi connectivity index (χ2n) is 2.78. The fourth-order valence-electron chi connectivity index (χ4n) is 0.933. The maximum atomic E-state index is 13.1. The average molecular weight is 200 g/mol. The van der Waals surface area contributed by atoms with Crippen molar-refractivity contribution in [3.8, 4) is 0 Å². The normalized spacial score (nSPS) is 10.0. The molecule has 0 bridgehead atoms. The monoisotopic (exact) mass is 200 g/mol. The highest BCUT2D eigenvalue weighted by Gasteiger charge is 2.18.